The standard InChI is InChI=1S/C34H29F3N2O3S.CH5P/c35-34(36,37)29-13-7-10-25(20-29)21-31(33(42)38-30(22-40)18-19-43-23-24-8-3-1-4-9-24)39-32(41)28-16-14-27(15-17-28)26-11-5-2-6-12-26;1-2/h1-17,20-22,30H,18-19,23H2,(H,38,42)(H,39,41);2H2,1H3/b31-21+;. The van der Waals surface area contributed by atoms with Gasteiger partial charge in [-0.05, 0) is 64.8 Å². The molecule has 0 aromatic heterocycles. The molecule has 234 valence electrons. The lowest BCUT2D eigenvalue weighted by molar-refractivity contribution is -0.137. The molecule has 2 unspecified atom stereocenters. The number of amides is 2. The van der Waals surface area contributed by atoms with Crippen LogP contribution in [0.1, 0.15) is 33.5 Å². The Bertz CT molecular complexity index is 1560. The molecule has 0 spiro atoms. The van der Waals surface area contributed by atoms with Crippen molar-refractivity contribution in [3.8, 4) is 11.1 Å². The van der Waals surface area contributed by atoms with Gasteiger partial charge in [0.1, 0.15) is 12.0 Å². The molecule has 0 aliphatic carbocycles. The summed E-state index contributed by atoms with van der Waals surface area (Å²) in [7, 11) is 2.42. The van der Waals surface area contributed by atoms with Crippen LogP contribution in [0.25, 0.3) is 17.2 Å². The van der Waals surface area contributed by atoms with Crippen LogP contribution in [-0.4, -0.2) is 36.6 Å². The van der Waals surface area contributed by atoms with Gasteiger partial charge < -0.3 is 15.4 Å². The maximum atomic E-state index is 13.3. The third-order valence-corrected chi connectivity index (χ3v) is 7.50. The smallest absolute Gasteiger partial charge is 0.341 e. The van der Waals surface area contributed by atoms with Crippen LogP contribution < -0.4 is 10.6 Å². The number of hydrogen-bond acceptors (Lipinski definition) is 4. The van der Waals surface area contributed by atoms with Gasteiger partial charge in [0, 0.05) is 11.3 Å². The van der Waals surface area contributed by atoms with Gasteiger partial charge in [0.15, 0.2) is 0 Å². The first-order chi connectivity index (χ1) is 21.7. The maximum Gasteiger partial charge on any atom is 0.416 e. The first-order valence-electron chi connectivity index (χ1n) is 14.0. The van der Waals surface area contributed by atoms with E-state index in [1.54, 1.807) is 36.0 Å². The highest BCUT2D eigenvalue weighted by molar-refractivity contribution is 7.98. The molecule has 0 radical (unpaired) electrons. The number of aldehydes is 1. The Morgan fingerprint density at radius 2 is 1.47 bits per heavy atom. The fourth-order valence-electron chi connectivity index (χ4n) is 4.16. The van der Waals surface area contributed by atoms with E-state index in [9.17, 15) is 27.6 Å². The Labute approximate surface area is 267 Å². The fraction of sp³-hybridized carbons (Fsp3) is 0.171. The highest BCUT2D eigenvalue weighted by Gasteiger charge is 2.30. The van der Waals surface area contributed by atoms with E-state index < -0.39 is 29.6 Å². The van der Waals surface area contributed by atoms with Crippen molar-refractivity contribution in [1.82, 2.24) is 10.6 Å². The van der Waals surface area contributed by atoms with E-state index in [4.69, 9.17) is 0 Å². The van der Waals surface area contributed by atoms with Crippen LogP contribution >= 0.6 is 21.0 Å². The predicted octanol–water partition coefficient (Wildman–Crippen LogP) is 7.64. The molecule has 0 bridgehead atoms. The topological polar surface area (TPSA) is 75.3 Å². The zero-order valence-electron chi connectivity index (χ0n) is 24.6. The monoisotopic (exact) mass is 650 g/mol. The molecule has 10 heteroatoms. The predicted molar refractivity (Wildman–Crippen MR) is 180 cm³/mol. The van der Waals surface area contributed by atoms with Crippen molar-refractivity contribution >= 4 is 45.2 Å². The average molecular weight is 651 g/mol. The van der Waals surface area contributed by atoms with Gasteiger partial charge in [-0.3, -0.25) is 9.59 Å². The van der Waals surface area contributed by atoms with Crippen LogP contribution in [0.3, 0.4) is 0 Å². The summed E-state index contributed by atoms with van der Waals surface area (Å²) >= 11 is 1.60. The molecule has 2 atom stereocenters. The van der Waals surface area contributed by atoms with Crippen molar-refractivity contribution in [2.75, 3.05) is 12.4 Å². The van der Waals surface area contributed by atoms with Crippen molar-refractivity contribution < 1.29 is 27.6 Å². The van der Waals surface area contributed by atoms with Crippen molar-refractivity contribution in [2.24, 2.45) is 0 Å². The van der Waals surface area contributed by atoms with Crippen LogP contribution in [0.5, 0.6) is 0 Å². The molecule has 2 amide bonds. The lowest BCUT2D eigenvalue weighted by atomic mass is 10.0. The summed E-state index contributed by atoms with van der Waals surface area (Å²) in [5.74, 6) is -0.114. The van der Waals surface area contributed by atoms with Crippen LogP contribution in [-0.2, 0) is 21.5 Å². The Balaban J connectivity index is 0.00000271. The molecule has 2 N–H and O–H groups in total. The van der Waals surface area contributed by atoms with Crippen LogP contribution in [0.4, 0.5) is 13.2 Å². The summed E-state index contributed by atoms with van der Waals surface area (Å²) in [6, 6.07) is 29.6. The molecule has 0 saturated carbocycles. The molecule has 0 heterocycles. The molecule has 4 rings (SSSR count). The van der Waals surface area contributed by atoms with Gasteiger partial charge in [-0.25, -0.2) is 0 Å². The summed E-state index contributed by atoms with van der Waals surface area (Å²) in [6.07, 6.45) is -2.49. The van der Waals surface area contributed by atoms with Gasteiger partial charge in [-0.1, -0.05) is 91.6 Å². The third kappa shape index (κ3) is 11.3. The largest absolute Gasteiger partial charge is 0.416 e. The van der Waals surface area contributed by atoms with Gasteiger partial charge in [-0.15, -0.1) is 9.24 Å². The quantitative estimate of drug-likeness (QED) is 0.0716. The number of thioether (sulfide) groups is 1. The highest BCUT2D eigenvalue weighted by Crippen LogP contribution is 2.30. The van der Waals surface area contributed by atoms with Crippen molar-refractivity contribution in [2.45, 2.75) is 24.4 Å². The molecule has 0 aliphatic rings. The van der Waals surface area contributed by atoms with E-state index in [-0.39, 0.29) is 16.8 Å². The van der Waals surface area contributed by atoms with E-state index >= 15 is 0 Å². The summed E-state index contributed by atoms with van der Waals surface area (Å²) in [5.41, 5.74) is 2.08. The van der Waals surface area contributed by atoms with E-state index in [0.717, 1.165) is 40.7 Å². The van der Waals surface area contributed by atoms with Crippen LogP contribution in [0.15, 0.2) is 115 Å². The number of halogens is 3. The van der Waals surface area contributed by atoms with E-state index in [1.807, 2.05) is 67.3 Å². The van der Waals surface area contributed by atoms with Crippen molar-refractivity contribution in [1.29, 1.82) is 0 Å². The van der Waals surface area contributed by atoms with Gasteiger partial charge in [-0.2, -0.15) is 24.9 Å². The molecular formula is C35H34F3N2O3PS. The second kappa shape index (κ2) is 17.9. The number of carbonyl (C=O) groups is 3. The first-order valence-corrected chi connectivity index (χ1v) is 16.4. The maximum absolute atomic E-state index is 13.3. The summed E-state index contributed by atoms with van der Waals surface area (Å²) in [6.45, 7) is 1.92. The summed E-state index contributed by atoms with van der Waals surface area (Å²) < 4.78 is 39.9. The third-order valence-electron chi connectivity index (χ3n) is 6.44. The van der Waals surface area contributed by atoms with E-state index in [2.05, 4.69) is 19.9 Å². The second-order valence-electron chi connectivity index (χ2n) is 9.62. The zero-order valence-corrected chi connectivity index (χ0v) is 26.6. The minimum atomic E-state index is -4.59. The Kier molecular flexibility index (Phi) is 14.1. The molecule has 4 aromatic rings. The lowest BCUT2D eigenvalue weighted by Crippen LogP contribution is -2.41. The van der Waals surface area contributed by atoms with E-state index in [1.165, 1.54) is 12.1 Å². The molecular weight excluding hydrogens is 616 g/mol. The fourth-order valence-corrected chi connectivity index (χ4v) is 5.16. The second-order valence-corrected chi connectivity index (χ2v) is 10.7. The molecule has 45 heavy (non-hydrogen) atoms. The number of carbonyl (C=O) groups excluding carboxylic acids is 3. The number of alkyl halides is 3. The summed E-state index contributed by atoms with van der Waals surface area (Å²) in [4.78, 5) is 38.2. The summed E-state index contributed by atoms with van der Waals surface area (Å²) in [5, 5.41) is 5.12. The molecule has 5 nitrogen and oxygen atoms in total. The Morgan fingerprint density at radius 3 is 2.09 bits per heavy atom. The average Bonchev–Trinajstić information content (AvgIpc) is 3.07. The lowest BCUT2D eigenvalue weighted by Gasteiger charge is -2.16. The Hall–Kier alpha value is -4.20. The molecule has 0 saturated heterocycles. The van der Waals surface area contributed by atoms with Gasteiger partial charge >= 0.3 is 6.18 Å². The zero-order chi connectivity index (χ0) is 32.7. The minimum absolute atomic E-state index is 0.0563. The normalized spacial score (nSPS) is 11.9. The molecule has 0 aliphatic heterocycles. The molecule has 4 aromatic carbocycles. The van der Waals surface area contributed by atoms with Crippen molar-refractivity contribution in [3.05, 3.63) is 137 Å². The van der Waals surface area contributed by atoms with Crippen LogP contribution in [0, 0.1) is 0 Å². The minimum Gasteiger partial charge on any atom is -0.341 e. The van der Waals surface area contributed by atoms with Gasteiger partial charge in [0.2, 0.25) is 0 Å². The number of rotatable bonds is 12. The van der Waals surface area contributed by atoms with Crippen molar-refractivity contribution in [3.63, 3.8) is 0 Å². The van der Waals surface area contributed by atoms with Gasteiger partial charge in [0.05, 0.1) is 11.6 Å². The molecule has 0 fully saturated rings. The first kappa shape index (κ1) is 35.3. The Morgan fingerprint density at radius 1 is 0.844 bits per heavy atom. The number of nitrogens with one attached hydrogen (secondary N) is 2. The van der Waals surface area contributed by atoms with E-state index in [0.29, 0.717) is 18.5 Å². The number of hydrogen-bond donors (Lipinski definition) is 2. The SMILES string of the molecule is CP.O=CC(CCSCc1ccccc1)NC(=O)/C(=C\c1cccc(C(F)(F)F)c1)NC(=O)c1ccc(-c2ccccc2)cc1. The number of benzene rings is 4. The highest BCUT2D eigenvalue weighted by atomic mass is 32.2. The van der Waals surface area contributed by atoms with Crippen LogP contribution in [0.2, 0.25) is 0 Å². The van der Waals surface area contributed by atoms with Gasteiger partial charge in [0.25, 0.3) is 11.8 Å².